The number of methoxy groups -OCH3 is 1. The maximum absolute atomic E-state index is 13.7. The number of nitrogens with one attached hydrogen (secondary N) is 2. The average Bonchev–Trinajstić information content (AvgIpc) is 2.54. The molecule has 0 radical (unpaired) electrons. The van der Waals surface area contributed by atoms with E-state index in [0.29, 0.717) is 12.2 Å². The topological polar surface area (TPSA) is 76.9 Å². The third-order valence-corrected chi connectivity index (χ3v) is 4.84. The van der Waals surface area contributed by atoms with Crippen LogP contribution in [0.4, 0.5) is 10.1 Å². The zero-order valence-electron chi connectivity index (χ0n) is 14.9. The number of hydrogen-bond acceptors (Lipinski definition) is 4. The Bertz CT molecular complexity index is 900. The van der Waals surface area contributed by atoms with Crippen molar-refractivity contribution < 1.29 is 27.2 Å². The van der Waals surface area contributed by atoms with Gasteiger partial charge in [-0.05, 0) is 36.4 Å². The molecule has 26 heavy (non-hydrogen) atoms. The van der Waals surface area contributed by atoms with Gasteiger partial charge in [-0.2, -0.15) is 0 Å². The summed E-state index contributed by atoms with van der Waals surface area (Å²) in [6.45, 7) is 0.606. The summed E-state index contributed by atoms with van der Waals surface area (Å²) in [4.78, 5) is 13.2. The largest absolute Gasteiger partial charge is 0.494 e. The summed E-state index contributed by atoms with van der Waals surface area (Å²) in [5, 5.41) is 2.68. The van der Waals surface area contributed by atoms with Crippen molar-refractivity contribution >= 4 is 21.4 Å². The fraction of sp³-hybridized carbons (Fsp3) is 0.278. The Balaban J connectivity index is 1.96. The fourth-order valence-electron chi connectivity index (χ4n) is 2.51. The van der Waals surface area contributed by atoms with Crippen molar-refractivity contribution in [3.63, 3.8) is 0 Å². The van der Waals surface area contributed by atoms with Crippen molar-refractivity contribution in [2.24, 2.45) is 0 Å². The molecule has 0 aliphatic heterocycles. The Morgan fingerprint density at radius 1 is 1.23 bits per heavy atom. The van der Waals surface area contributed by atoms with E-state index in [2.05, 4.69) is 5.32 Å². The molecule has 2 N–H and O–H groups in total. The van der Waals surface area contributed by atoms with Crippen LogP contribution < -0.4 is 15.0 Å². The standard InChI is InChI=1S/C18H21FN2O4S/c1-21(11-13-7-8-17(25-2)16(19)9-13)12-18(22)20-14-5-4-6-15(10-14)26(3,23)24/h4-10H,11-12H2,1-3H3,(H,20,22)/p+1. The van der Waals surface area contributed by atoms with E-state index in [1.165, 1.54) is 25.3 Å². The molecule has 1 atom stereocenters. The van der Waals surface area contributed by atoms with Crippen molar-refractivity contribution in [3.8, 4) is 5.75 Å². The van der Waals surface area contributed by atoms with E-state index in [1.807, 2.05) is 7.05 Å². The fourth-order valence-corrected chi connectivity index (χ4v) is 3.18. The van der Waals surface area contributed by atoms with Crippen LogP contribution in [0.2, 0.25) is 0 Å². The predicted molar refractivity (Wildman–Crippen MR) is 96.6 cm³/mol. The number of carbonyl (C=O) groups excluding carboxylic acids is 1. The molecule has 2 rings (SSSR count). The Morgan fingerprint density at radius 3 is 2.58 bits per heavy atom. The van der Waals surface area contributed by atoms with Crippen LogP contribution in [-0.2, 0) is 21.2 Å². The van der Waals surface area contributed by atoms with Gasteiger partial charge in [0, 0.05) is 17.5 Å². The van der Waals surface area contributed by atoms with Crippen LogP contribution in [-0.4, -0.2) is 41.3 Å². The van der Waals surface area contributed by atoms with Gasteiger partial charge in [-0.1, -0.05) is 6.07 Å². The maximum atomic E-state index is 13.7. The van der Waals surface area contributed by atoms with E-state index in [0.717, 1.165) is 16.7 Å². The minimum absolute atomic E-state index is 0.143. The highest BCUT2D eigenvalue weighted by atomic mass is 32.2. The van der Waals surface area contributed by atoms with Crippen molar-refractivity contribution in [2.75, 3.05) is 32.3 Å². The normalized spacial score (nSPS) is 12.5. The quantitative estimate of drug-likeness (QED) is 0.747. The molecule has 0 saturated heterocycles. The summed E-state index contributed by atoms with van der Waals surface area (Å²) in [6.07, 6.45) is 1.11. The first-order valence-electron chi connectivity index (χ1n) is 7.92. The van der Waals surface area contributed by atoms with Crippen LogP contribution in [0.3, 0.4) is 0 Å². The van der Waals surface area contributed by atoms with E-state index in [9.17, 15) is 17.6 Å². The molecule has 6 nitrogen and oxygen atoms in total. The molecule has 0 aromatic heterocycles. The van der Waals surface area contributed by atoms with Crippen LogP contribution in [0.25, 0.3) is 0 Å². The van der Waals surface area contributed by atoms with E-state index >= 15 is 0 Å². The molecule has 8 heteroatoms. The third kappa shape index (κ3) is 5.53. The smallest absolute Gasteiger partial charge is 0.279 e. The first-order valence-corrected chi connectivity index (χ1v) is 9.82. The molecule has 1 amide bonds. The Hall–Kier alpha value is -2.45. The minimum atomic E-state index is -3.34. The van der Waals surface area contributed by atoms with Gasteiger partial charge in [0.25, 0.3) is 5.91 Å². The Labute approximate surface area is 152 Å². The first-order chi connectivity index (χ1) is 12.2. The summed E-state index contributed by atoms with van der Waals surface area (Å²) >= 11 is 0. The van der Waals surface area contributed by atoms with E-state index in [-0.39, 0.29) is 23.1 Å². The van der Waals surface area contributed by atoms with Gasteiger partial charge in [0.15, 0.2) is 27.9 Å². The van der Waals surface area contributed by atoms with Gasteiger partial charge in [-0.3, -0.25) is 4.79 Å². The summed E-state index contributed by atoms with van der Waals surface area (Å²) in [5.74, 6) is -0.531. The lowest BCUT2D eigenvalue weighted by atomic mass is 10.2. The van der Waals surface area contributed by atoms with Gasteiger partial charge >= 0.3 is 0 Å². The number of halogens is 1. The molecule has 0 fully saturated rings. The molecule has 2 aromatic carbocycles. The minimum Gasteiger partial charge on any atom is -0.494 e. The van der Waals surface area contributed by atoms with E-state index in [1.54, 1.807) is 24.3 Å². The molecular weight excluding hydrogens is 359 g/mol. The Kier molecular flexibility index (Phi) is 6.33. The van der Waals surface area contributed by atoms with Gasteiger partial charge in [-0.25, -0.2) is 12.8 Å². The van der Waals surface area contributed by atoms with Crippen LogP contribution in [0.5, 0.6) is 5.75 Å². The van der Waals surface area contributed by atoms with Crippen molar-refractivity contribution in [1.82, 2.24) is 0 Å². The molecule has 0 saturated carbocycles. The van der Waals surface area contributed by atoms with Gasteiger partial charge in [0.1, 0.15) is 6.54 Å². The highest BCUT2D eigenvalue weighted by Gasteiger charge is 2.14. The van der Waals surface area contributed by atoms with Crippen LogP contribution in [0, 0.1) is 5.82 Å². The monoisotopic (exact) mass is 381 g/mol. The molecule has 0 aliphatic carbocycles. The predicted octanol–water partition coefficient (Wildman–Crippen LogP) is 0.891. The summed E-state index contributed by atoms with van der Waals surface area (Å²) < 4.78 is 41.7. The number of anilines is 1. The molecule has 0 spiro atoms. The summed E-state index contributed by atoms with van der Waals surface area (Å²) in [6, 6.07) is 10.8. The first kappa shape index (κ1) is 19.9. The number of hydrogen-bond donors (Lipinski definition) is 2. The highest BCUT2D eigenvalue weighted by Crippen LogP contribution is 2.17. The van der Waals surface area contributed by atoms with Crippen molar-refractivity contribution in [1.29, 1.82) is 0 Å². The second-order valence-corrected chi connectivity index (χ2v) is 8.14. The van der Waals surface area contributed by atoms with Crippen molar-refractivity contribution in [3.05, 3.63) is 53.8 Å². The number of likely N-dealkylation sites (N-methyl/N-ethyl adjacent to an activating group) is 1. The molecule has 140 valence electrons. The lowest BCUT2D eigenvalue weighted by Crippen LogP contribution is -3.08. The number of benzene rings is 2. The number of rotatable bonds is 7. The summed E-state index contributed by atoms with van der Waals surface area (Å²) in [7, 11) is -0.122. The van der Waals surface area contributed by atoms with Crippen LogP contribution >= 0.6 is 0 Å². The number of ether oxygens (including phenoxy) is 1. The van der Waals surface area contributed by atoms with Gasteiger partial charge in [-0.15, -0.1) is 0 Å². The van der Waals surface area contributed by atoms with Gasteiger partial charge in [0.2, 0.25) is 0 Å². The van der Waals surface area contributed by atoms with Gasteiger partial charge in [0.05, 0.1) is 19.1 Å². The zero-order valence-corrected chi connectivity index (χ0v) is 15.7. The van der Waals surface area contributed by atoms with E-state index < -0.39 is 15.7 Å². The number of quaternary nitrogens is 1. The molecule has 0 aliphatic rings. The molecular formula is C18H22FN2O4S+. The van der Waals surface area contributed by atoms with Crippen LogP contribution in [0.15, 0.2) is 47.4 Å². The lowest BCUT2D eigenvalue weighted by Gasteiger charge is -2.14. The molecule has 0 bridgehead atoms. The lowest BCUT2D eigenvalue weighted by molar-refractivity contribution is -0.885. The third-order valence-electron chi connectivity index (χ3n) is 3.73. The Morgan fingerprint density at radius 2 is 1.96 bits per heavy atom. The average molecular weight is 381 g/mol. The second kappa shape index (κ2) is 8.29. The second-order valence-electron chi connectivity index (χ2n) is 6.13. The highest BCUT2D eigenvalue weighted by molar-refractivity contribution is 7.90. The molecule has 0 heterocycles. The molecule has 2 aromatic rings. The van der Waals surface area contributed by atoms with Gasteiger partial charge < -0.3 is 15.0 Å². The number of carbonyl (C=O) groups is 1. The number of sulfone groups is 1. The number of amides is 1. The van der Waals surface area contributed by atoms with Crippen molar-refractivity contribution in [2.45, 2.75) is 11.4 Å². The summed E-state index contributed by atoms with van der Waals surface area (Å²) in [5.41, 5.74) is 1.16. The maximum Gasteiger partial charge on any atom is 0.279 e. The SMILES string of the molecule is COc1ccc(C[NH+](C)CC(=O)Nc2cccc(S(C)(=O)=O)c2)cc1F. The zero-order chi connectivity index (χ0) is 19.3. The molecule has 1 unspecified atom stereocenters. The van der Waals surface area contributed by atoms with E-state index in [4.69, 9.17) is 4.74 Å². The van der Waals surface area contributed by atoms with Crippen LogP contribution in [0.1, 0.15) is 5.56 Å².